The minimum absolute atomic E-state index is 0.0882. The van der Waals surface area contributed by atoms with E-state index >= 15 is 0 Å². The van der Waals surface area contributed by atoms with Crippen LogP contribution in [0.4, 0.5) is 5.69 Å². The van der Waals surface area contributed by atoms with Crippen molar-refractivity contribution >= 4 is 21.7 Å². The topological polar surface area (TPSA) is 136 Å². The van der Waals surface area contributed by atoms with E-state index in [0.29, 0.717) is 12.8 Å². The number of sulfonamides is 1. The number of nitrogens with one attached hydrogen (secondary N) is 1. The monoisotopic (exact) mass is 346 g/mol. The van der Waals surface area contributed by atoms with E-state index in [9.17, 15) is 23.3 Å². The van der Waals surface area contributed by atoms with Crippen molar-refractivity contribution in [2.24, 2.45) is 0 Å². The molecule has 1 rings (SSSR count). The van der Waals surface area contributed by atoms with Gasteiger partial charge in [0.25, 0.3) is 0 Å². The van der Waals surface area contributed by atoms with Gasteiger partial charge in [-0.1, -0.05) is 19.8 Å². The molecular weight excluding hydrogens is 328 g/mol. The molecule has 10 heteroatoms. The third-order valence-electron chi connectivity index (χ3n) is 3.10. The van der Waals surface area contributed by atoms with Gasteiger partial charge in [-0.15, -0.1) is 0 Å². The molecule has 0 bridgehead atoms. The van der Waals surface area contributed by atoms with Crippen molar-refractivity contribution < 1.29 is 28.0 Å². The molecule has 1 aromatic carbocycles. The van der Waals surface area contributed by atoms with Gasteiger partial charge in [0.05, 0.1) is 16.9 Å². The van der Waals surface area contributed by atoms with E-state index in [1.54, 1.807) is 0 Å². The third-order valence-corrected chi connectivity index (χ3v) is 4.57. The zero-order valence-corrected chi connectivity index (χ0v) is 13.5. The Kier molecular flexibility index (Phi) is 6.46. The first-order valence-corrected chi connectivity index (χ1v) is 8.28. The first kappa shape index (κ1) is 18.8. The van der Waals surface area contributed by atoms with Crippen molar-refractivity contribution in [2.75, 3.05) is 7.11 Å². The molecule has 0 spiro atoms. The summed E-state index contributed by atoms with van der Waals surface area (Å²) < 4.78 is 31.3. The molecule has 0 amide bonds. The lowest BCUT2D eigenvalue weighted by Gasteiger charge is -2.14. The zero-order chi connectivity index (χ0) is 17.6. The van der Waals surface area contributed by atoms with Crippen molar-refractivity contribution in [1.29, 1.82) is 0 Å². The molecule has 2 N–H and O–H groups in total. The number of nitrogens with zero attached hydrogens (tertiary/aromatic N) is 1. The number of unbranched alkanes of at least 4 members (excludes halogenated alkanes) is 1. The maximum Gasteiger partial charge on any atom is 0.321 e. The maximum absolute atomic E-state index is 12.2. The molecule has 0 saturated heterocycles. The molecule has 0 heterocycles. The summed E-state index contributed by atoms with van der Waals surface area (Å²) in [6.45, 7) is 1.85. The number of carboxylic acids is 1. The van der Waals surface area contributed by atoms with Gasteiger partial charge in [-0.05, 0) is 18.6 Å². The van der Waals surface area contributed by atoms with Crippen LogP contribution in [0.3, 0.4) is 0 Å². The lowest BCUT2D eigenvalue weighted by Crippen LogP contribution is -2.40. The van der Waals surface area contributed by atoms with Crippen LogP contribution in [-0.4, -0.2) is 37.6 Å². The van der Waals surface area contributed by atoms with Crippen LogP contribution >= 0.6 is 0 Å². The Morgan fingerprint density at radius 2 is 2.13 bits per heavy atom. The molecule has 23 heavy (non-hydrogen) atoms. The number of aliphatic carboxylic acids is 1. The minimum atomic E-state index is -4.21. The predicted molar refractivity (Wildman–Crippen MR) is 80.9 cm³/mol. The van der Waals surface area contributed by atoms with Gasteiger partial charge in [-0.25, -0.2) is 8.42 Å². The number of rotatable bonds is 9. The van der Waals surface area contributed by atoms with Crippen molar-refractivity contribution in [2.45, 2.75) is 37.1 Å². The molecule has 128 valence electrons. The average molecular weight is 346 g/mol. The third kappa shape index (κ3) is 4.89. The highest BCUT2D eigenvalue weighted by Crippen LogP contribution is 2.29. The van der Waals surface area contributed by atoms with Crippen LogP contribution in [0.1, 0.15) is 26.2 Å². The Morgan fingerprint density at radius 1 is 1.48 bits per heavy atom. The first-order valence-electron chi connectivity index (χ1n) is 6.80. The number of nitro benzene ring substituents is 1. The summed E-state index contributed by atoms with van der Waals surface area (Å²) in [5, 5.41) is 20.0. The Labute approximate surface area is 133 Å². The number of ether oxygens (including phenoxy) is 1. The van der Waals surface area contributed by atoms with E-state index in [1.807, 2.05) is 6.92 Å². The first-order chi connectivity index (χ1) is 10.7. The van der Waals surface area contributed by atoms with E-state index in [0.717, 1.165) is 18.2 Å². The maximum atomic E-state index is 12.2. The number of carboxylic acid groups (broad SMARTS) is 1. The highest BCUT2D eigenvalue weighted by molar-refractivity contribution is 7.89. The van der Waals surface area contributed by atoms with E-state index < -0.39 is 37.5 Å². The summed E-state index contributed by atoms with van der Waals surface area (Å²) in [6, 6.07) is 1.81. The number of nitro groups is 1. The highest BCUT2D eigenvalue weighted by atomic mass is 32.2. The molecule has 0 aliphatic rings. The fourth-order valence-electron chi connectivity index (χ4n) is 1.88. The summed E-state index contributed by atoms with van der Waals surface area (Å²) in [6.07, 6.45) is 1.37. The van der Waals surface area contributed by atoms with Gasteiger partial charge in [0.15, 0.2) is 5.75 Å². The normalized spacial score (nSPS) is 12.6. The highest BCUT2D eigenvalue weighted by Gasteiger charge is 2.27. The van der Waals surface area contributed by atoms with Crippen LogP contribution < -0.4 is 9.46 Å². The quantitative estimate of drug-likeness (QED) is 0.511. The number of hydrogen-bond acceptors (Lipinski definition) is 6. The Bertz CT molecular complexity index is 688. The second kappa shape index (κ2) is 7.88. The van der Waals surface area contributed by atoms with Crippen LogP contribution in [-0.2, 0) is 14.8 Å². The molecule has 1 unspecified atom stereocenters. The number of hydrogen-bond donors (Lipinski definition) is 2. The van der Waals surface area contributed by atoms with Crippen molar-refractivity contribution in [3.8, 4) is 5.75 Å². The fourth-order valence-corrected chi connectivity index (χ4v) is 3.12. The molecule has 0 fully saturated rings. The van der Waals surface area contributed by atoms with Gasteiger partial charge in [0.1, 0.15) is 6.04 Å². The average Bonchev–Trinajstić information content (AvgIpc) is 2.50. The van der Waals surface area contributed by atoms with Gasteiger partial charge in [0.2, 0.25) is 10.0 Å². The van der Waals surface area contributed by atoms with Crippen LogP contribution in [0.2, 0.25) is 0 Å². The number of benzene rings is 1. The largest absolute Gasteiger partial charge is 0.490 e. The molecule has 0 aliphatic carbocycles. The molecule has 1 atom stereocenters. The Morgan fingerprint density at radius 3 is 2.61 bits per heavy atom. The molecule has 9 nitrogen and oxygen atoms in total. The lowest BCUT2D eigenvalue weighted by molar-refractivity contribution is -0.386. The van der Waals surface area contributed by atoms with Crippen molar-refractivity contribution in [3.63, 3.8) is 0 Å². The summed E-state index contributed by atoms with van der Waals surface area (Å²) in [5.41, 5.74) is -0.518. The van der Waals surface area contributed by atoms with Crippen LogP contribution in [0.15, 0.2) is 23.1 Å². The molecule has 0 radical (unpaired) electrons. The van der Waals surface area contributed by atoms with Gasteiger partial charge in [-0.3, -0.25) is 14.9 Å². The second-order valence-corrected chi connectivity index (χ2v) is 6.46. The van der Waals surface area contributed by atoms with E-state index in [-0.39, 0.29) is 12.2 Å². The summed E-state index contributed by atoms with van der Waals surface area (Å²) in [4.78, 5) is 20.9. The van der Waals surface area contributed by atoms with Gasteiger partial charge in [0, 0.05) is 6.07 Å². The molecule has 0 aromatic heterocycles. The number of methoxy groups -OCH3 is 1. The lowest BCUT2D eigenvalue weighted by atomic mass is 10.1. The molecule has 0 saturated carbocycles. The van der Waals surface area contributed by atoms with Gasteiger partial charge in [-0.2, -0.15) is 4.72 Å². The van der Waals surface area contributed by atoms with Crippen LogP contribution in [0.5, 0.6) is 5.75 Å². The zero-order valence-electron chi connectivity index (χ0n) is 12.7. The Balaban J connectivity index is 3.14. The smallest absolute Gasteiger partial charge is 0.321 e. The van der Waals surface area contributed by atoms with Crippen LogP contribution in [0.25, 0.3) is 0 Å². The van der Waals surface area contributed by atoms with E-state index in [4.69, 9.17) is 9.84 Å². The number of carbonyl (C=O) groups is 1. The summed E-state index contributed by atoms with van der Waals surface area (Å²) >= 11 is 0. The molecule has 1 aromatic rings. The second-order valence-electron chi connectivity index (χ2n) is 4.75. The van der Waals surface area contributed by atoms with E-state index in [1.165, 1.54) is 7.11 Å². The minimum Gasteiger partial charge on any atom is -0.490 e. The fraction of sp³-hybridized carbons (Fsp3) is 0.462. The summed E-state index contributed by atoms with van der Waals surface area (Å²) in [7, 11) is -2.98. The standard InChI is InChI=1S/C13H18N2O7S/c1-3-4-5-10(13(16)17)14-23(20,21)9-6-7-12(22-2)11(8-9)15(18)19/h6-8,10,14H,3-5H2,1-2H3,(H,16,17). The van der Waals surface area contributed by atoms with Crippen molar-refractivity contribution in [3.05, 3.63) is 28.3 Å². The van der Waals surface area contributed by atoms with E-state index in [2.05, 4.69) is 4.72 Å². The SMILES string of the molecule is CCCCC(NS(=O)(=O)c1ccc(OC)c([N+](=O)[O-])c1)C(=O)O. The summed E-state index contributed by atoms with van der Waals surface area (Å²) in [5.74, 6) is -1.39. The predicted octanol–water partition coefficient (Wildman–Crippen LogP) is 1.53. The van der Waals surface area contributed by atoms with Crippen LogP contribution in [0, 0.1) is 10.1 Å². The van der Waals surface area contributed by atoms with Crippen molar-refractivity contribution in [1.82, 2.24) is 4.72 Å². The Hall–Kier alpha value is -2.20. The molecule has 0 aliphatic heterocycles. The van der Waals surface area contributed by atoms with Gasteiger partial charge < -0.3 is 9.84 Å². The molecular formula is C13H18N2O7S. The van der Waals surface area contributed by atoms with Gasteiger partial charge >= 0.3 is 11.7 Å².